The van der Waals surface area contributed by atoms with Crippen molar-refractivity contribution >= 4 is 23.2 Å². The van der Waals surface area contributed by atoms with Gasteiger partial charge >= 0.3 is 5.97 Å². The number of carboxylic acids is 1. The lowest BCUT2D eigenvalue weighted by Gasteiger charge is -2.15. The first-order chi connectivity index (χ1) is 9.61. The number of hydrogen-bond donors (Lipinski definition) is 2. The summed E-state index contributed by atoms with van der Waals surface area (Å²) in [4.78, 5) is 23.4. The Hall–Kier alpha value is -1.36. The van der Waals surface area contributed by atoms with Crippen molar-refractivity contribution in [2.24, 2.45) is 17.8 Å². The minimum atomic E-state index is -0.834. The minimum Gasteiger partial charge on any atom is -0.481 e. The summed E-state index contributed by atoms with van der Waals surface area (Å²) in [5.41, 5.74) is 1.21. The molecule has 0 aliphatic heterocycles. The van der Waals surface area contributed by atoms with E-state index in [0.717, 1.165) is 12.8 Å². The predicted octanol–water partition coefficient (Wildman–Crippen LogP) is 2.54. The van der Waals surface area contributed by atoms with E-state index >= 15 is 0 Å². The van der Waals surface area contributed by atoms with Crippen LogP contribution in [0.1, 0.15) is 31.7 Å². The number of carbonyl (C=O) groups excluding carboxylic acids is 1. The first-order valence-electron chi connectivity index (χ1n) is 7.13. The van der Waals surface area contributed by atoms with Gasteiger partial charge in [-0.05, 0) is 47.6 Å². The van der Waals surface area contributed by atoms with Crippen molar-refractivity contribution in [1.82, 2.24) is 5.32 Å². The maximum Gasteiger partial charge on any atom is 0.307 e. The Morgan fingerprint density at radius 1 is 1.40 bits per heavy atom. The first kappa shape index (κ1) is 15.0. The average Bonchev–Trinajstić information content (AvgIpc) is 3.07. The second kappa shape index (κ2) is 6.88. The largest absolute Gasteiger partial charge is 0.481 e. The number of carboxylic acid groups (broad SMARTS) is 1. The molecule has 1 fully saturated rings. The third kappa shape index (κ3) is 3.60. The predicted molar refractivity (Wildman–Crippen MR) is 78.7 cm³/mol. The standard InChI is InChI=1S/C15H21NO3S/c1-2-10-7-12(13(8-10)15(18)19)14(17)16-5-3-11-4-6-20-9-11/h4,6,9-10,12-13H,2-3,5,7-8H2,1H3,(H,16,17)(H,18,19)/t10?,12-,13+/m0/s1. The van der Waals surface area contributed by atoms with Gasteiger partial charge in [-0.3, -0.25) is 9.59 Å². The molecule has 1 aliphatic rings. The van der Waals surface area contributed by atoms with Gasteiger partial charge in [-0.2, -0.15) is 11.3 Å². The van der Waals surface area contributed by atoms with Crippen LogP contribution in [0.3, 0.4) is 0 Å². The van der Waals surface area contributed by atoms with Gasteiger partial charge in [-0.1, -0.05) is 13.3 Å². The average molecular weight is 295 g/mol. The number of aliphatic carboxylic acids is 1. The van der Waals surface area contributed by atoms with Crippen LogP contribution in [0.25, 0.3) is 0 Å². The fourth-order valence-electron chi connectivity index (χ4n) is 2.94. The van der Waals surface area contributed by atoms with Crippen molar-refractivity contribution in [3.05, 3.63) is 22.4 Å². The molecule has 1 unspecified atom stereocenters. The molecule has 0 spiro atoms. The zero-order chi connectivity index (χ0) is 14.5. The molecular weight excluding hydrogens is 274 g/mol. The minimum absolute atomic E-state index is 0.0939. The van der Waals surface area contributed by atoms with E-state index in [4.69, 9.17) is 0 Å². The van der Waals surface area contributed by atoms with Crippen LogP contribution in [0.4, 0.5) is 0 Å². The molecule has 20 heavy (non-hydrogen) atoms. The van der Waals surface area contributed by atoms with Gasteiger partial charge in [0.25, 0.3) is 0 Å². The summed E-state index contributed by atoms with van der Waals surface area (Å²) in [6.45, 7) is 2.63. The second-order valence-electron chi connectivity index (χ2n) is 5.47. The lowest BCUT2D eigenvalue weighted by molar-refractivity contribution is -0.146. The summed E-state index contributed by atoms with van der Waals surface area (Å²) in [6.07, 6.45) is 3.09. The Bertz CT molecular complexity index is 458. The summed E-state index contributed by atoms with van der Waals surface area (Å²) < 4.78 is 0. The van der Waals surface area contributed by atoms with Crippen LogP contribution in [-0.2, 0) is 16.0 Å². The van der Waals surface area contributed by atoms with Gasteiger partial charge in [0, 0.05) is 6.54 Å². The van der Waals surface area contributed by atoms with Crippen LogP contribution >= 0.6 is 11.3 Å². The molecule has 1 amide bonds. The quantitative estimate of drug-likeness (QED) is 0.847. The van der Waals surface area contributed by atoms with E-state index < -0.39 is 11.9 Å². The zero-order valence-corrected chi connectivity index (χ0v) is 12.5. The van der Waals surface area contributed by atoms with Gasteiger partial charge in [-0.15, -0.1) is 0 Å². The van der Waals surface area contributed by atoms with Crippen LogP contribution < -0.4 is 5.32 Å². The van der Waals surface area contributed by atoms with Gasteiger partial charge in [0.15, 0.2) is 0 Å². The van der Waals surface area contributed by atoms with Gasteiger partial charge in [-0.25, -0.2) is 0 Å². The molecule has 0 saturated heterocycles. The Morgan fingerprint density at radius 2 is 2.15 bits per heavy atom. The van der Waals surface area contributed by atoms with Crippen LogP contribution in [0.2, 0.25) is 0 Å². The van der Waals surface area contributed by atoms with Crippen molar-refractivity contribution in [2.75, 3.05) is 6.54 Å². The monoisotopic (exact) mass is 295 g/mol. The van der Waals surface area contributed by atoms with Crippen molar-refractivity contribution in [3.8, 4) is 0 Å². The molecule has 2 rings (SSSR count). The van der Waals surface area contributed by atoms with E-state index in [1.165, 1.54) is 5.56 Å². The number of hydrogen-bond acceptors (Lipinski definition) is 3. The number of amides is 1. The third-order valence-corrected chi connectivity index (χ3v) is 4.92. The smallest absolute Gasteiger partial charge is 0.307 e. The van der Waals surface area contributed by atoms with E-state index in [1.807, 2.05) is 11.4 Å². The first-order valence-corrected chi connectivity index (χ1v) is 8.07. The highest BCUT2D eigenvalue weighted by molar-refractivity contribution is 7.07. The molecule has 3 atom stereocenters. The molecule has 2 N–H and O–H groups in total. The summed E-state index contributed by atoms with van der Waals surface area (Å²) in [7, 11) is 0. The van der Waals surface area contributed by atoms with Crippen molar-refractivity contribution in [3.63, 3.8) is 0 Å². The van der Waals surface area contributed by atoms with Crippen LogP contribution in [-0.4, -0.2) is 23.5 Å². The topological polar surface area (TPSA) is 66.4 Å². The Morgan fingerprint density at radius 3 is 2.75 bits per heavy atom. The molecule has 0 radical (unpaired) electrons. The Balaban J connectivity index is 1.85. The van der Waals surface area contributed by atoms with E-state index in [0.29, 0.717) is 25.3 Å². The summed E-state index contributed by atoms with van der Waals surface area (Å²) in [5, 5.41) is 16.2. The molecule has 0 aromatic carbocycles. The summed E-state index contributed by atoms with van der Waals surface area (Å²) in [5.74, 6) is -1.44. The lowest BCUT2D eigenvalue weighted by Crippen LogP contribution is -2.36. The highest BCUT2D eigenvalue weighted by Crippen LogP contribution is 2.38. The maximum atomic E-state index is 12.2. The molecule has 4 nitrogen and oxygen atoms in total. The van der Waals surface area contributed by atoms with Crippen molar-refractivity contribution < 1.29 is 14.7 Å². The van der Waals surface area contributed by atoms with E-state index in [2.05, 4.69) is 17.6 Å². The second-order valence-corrected chi connectivity index (χ2v) is 6.25. The van der Waals surface area contributed by atoms with Gasteiger partial charge < -0.3 is 10.4 Å². The molecule has 1 aliphatic carbocycles. The summed E-state index contributed by atoms with van der Waals surface area (Å²) >= 11 is 1.64. The van der Waals surface area contributed by atoms with Gasteiger partial charge in [0.05, 0.1) is 11.8 Å². The van der Waals surface area contributed by atoms with Crippen LogP contribution in [0.5, 0.6) is 0 Å². The van der Waals surface area contributed by atoms with Gasteiger partial charge in [0.2, 0.25) is 5.91 Å². The molecule has 1 saturated carbocycles. The SMILES string of the molecule is CCC1C[C@H](C(=O)NCCc2ccsc2)[C@H](C(=O)O)C1. The number of nitrogens with one attached hydrogen (secondary N) is 1. The Labute approximate surface area is 123 Å². The fraction of sp³-hybridized carbons (Fsp3) is 0.600. The molecule has 1 aromatic rings. The third-order valence-electron chi connectivity index (χ3n) is 4.18. The fourth-order valence-corrected chi connectivity index (χ4v) is 3.64. The number of thiophene rings is 1. The molecule has 110 valence electrons. The van der Waals surface area contributed by atoms with Crippen molar-refractivity contribution in [1.29, 1.82) is 0 Å². The van der Waals surface area contributed by atoms with Crippen LogP contribution in [0.15, 0.2) is 16.8 Å². The molecular formula is C15H21NO3S. The van der Waals surface area contributed by atoms with Crippen molar-refractivity contribution in [2.45, 2.75) is 32.6 Å². The van der Waals surface area contributed by atoms with E-state index in [9.17, 15) is 14.7 Å². The normalized spacial score (nSPS) is 25.6. The highest BCUT2D eigenvalue weighted by atomic mass is 32.1. The van der Waals surface area contributed by atoms with Crippen LogP contribution in [0, 0.1) is 17.8 Å². The lowest BCUT2D eigenvalue weighted by atomic mass is 9.95. The number of carbonyl (C=O) groups is 2. The maximum absolute atomic E-state index is 12.2. The highest BCUT2D eigenvalue weighted by Gasteiger charge is 2.41. The molecule has 1 heterocycles. The van der Waals surface area contributed by atoms with Gasteiger partial charge in [0.1, 0.15) is 0 Å². The number of rotatable bonds is 6. The molecule has 5 heteroatoms. The summed E-state index contributed by atoms with van der Waals surface area (Å²) in [6, 6.07) is 2.04. The van der Waals surface area contributed by atoms with E-state index in [1.54, 1.807) is 11.3 Å². The Kier molecular flexibility index (Phi) is 5.17. The molecule has 1 aromatic heterocycles. The van der Waals surface area contributed by atoms with E-state index in [-0.39, 0.29) is 11.8 Å². The zero-order valence-electron chi connectivity index (χ0n) is 11.7. The molecule has 0 bridgehead atoms.